The van der Waals surface area contributed by atoms with Gasteiger partial charge in [-0.1, -0.05) is 12.1 Å². The van der Waals surface area contributed by atoms with Crippen molar-refractivity contribution >= 4 is 10.0 Å². The van der Waals surface area contributed by atoms with E-state index >= 15 is 0 Å². The fourth-order valence-electron chi connectivity index (χ4n) is 4.39. The molecule has 0 radical (unpaired) electrons. The third-order valence-corrected chi connectivity index (χ3v) is 7.62. The van der Waals surface area contributed by atoms with Gasteiger partial charge in [0, 0.05) is 24.7 Å². The number of rotatable bonds is 2. The topological polar surface area (TPSA) is 63.2 Å². The average molecular weight is 411 g/mol. The molecule has 2 heterocycles. The molecule has 2 aliphatic rings. The molecule has 1 saturated heterocycles. The highest BCUT2D eigenvalue weighted by molar-refractivity contribution is 7.89. The predicted molar refractivity (Wildman–Crippen MR) is 96.2 cm³/mol. The van der Waals surface area contributed by atoms with E-state index < -0.39 is 32.1 Å². The van der Waals surface area contributed by atoms with Crippen LogP contribution in [0.5, 0.6) is 0 Å². The number of benzene rings is 1. The second-order valence-electron chi connectivity index (χ2n) is 7.51. The first-order chi connectivity index (χ1) is 13.1. The molecule has 0 N–H and O–H groups in total. The van der Waals surface area contributed by atoms with Gasteiger partial charge in [-0.05, 0) is 50.3 Å². The Hall–Kier alpha value is -2.00. The van der Waals surface area contributed by atoms with E-state index in [1.807, 2.05) is 0 Å². The molecule has 1 aliphatic carbocycles. The molecule has 4 rings (SSSR count). The van der Waals surface area contributed by atoms with Crippen molar-refractivity contribution in [3.05, 3.63) is 53.1 Å². The summed E-state index contributed by atoms with van der Waals surface area (Å²) in [7, 11) is -4.28. The summed E-state index contributed by atoms with van der Waals surface area (Å²) < 4.78 is 67.7. The van der Waals surface area contributed by atoms with Crippen molar-refractivity contribution in [2.45, 2.75) is 49.1 Å². The van der Waals surface area contributed by atoms with Crippen LogP contribution in [0.3, 0.4) is 0 Å². The summed E-state index contributed by atoms with van der Waals surface area (Å²) in [5.74, 6) is 0.613. The van der Waals surface area contributed by atoms with Crippen LogP contribution in [0, 0.1) is 6.92 Å². The zero-order valence-corrected chi connectivity index (χ0v) is 16.1. The van der Waals surface area contributed by atoms with Gasteiger partial charge >= 0.3 is 6.18 Å². The van der Waals surface area contributed by atoms with Gasteiger partial charge < -0.3 is 0 Å². The lowest BCUT2D eigenvalue weighted by molar-refractivity contribution is -0.139. The number of alkyl halides is 3. The molecule has 1 aromatic carbocycles. The maximum Gasteiger partial charge on any atom is 0.417 e. The Bertz CT molecular complexity index is 1020. The van der Waals surface area contributed by atoms with Gasteiger partial charge in [0.05, 0.1) is 16.2 Å². The minimum absolute atomic E-state index is 0.144. The monoisotopic (exact) mass is 411 g/mol. The highest BCUT2D eigenvalue weighted by atomic mass is 32.2. The third-order valence-electron chi connectivity index (χ3n) is 5.71. The number of hydrogen-bond acceptors (Lipinski definition) is 4. The van der Waals surface area contributed by atoms with E-state index in [0.717, 1.165) is 42.7 Å². The first-order valence-electron chi connectivity index (χ1n) is 9.13. The molecule has 9 heteroatoms. The number of hydrogen-bond donors (Lipinski definition) is 0. The lowest BCUT2D eigenvalue weighted by atomic mass is 9.78. The Balaban J connectivity index is 1.73. The van der Waals surface area contributed by atoms with Crippen LogP contribution in [0.2, 0.25) is 0 Å². The van der Waals surface area contributed by atoms with Crippen molar-refractivity contribution in [1.82, 2.24) is 14.3 Å². The highest BCUT2D eigenvalue weighted by Crippen LogP contribution is 2.45. The number of piperidine rings is 1. The first kappa shape index (κ1) is 19.3. The van der Waals surface area contributed by atoms with Gasteiger partial charge in [-0.25, -0.2) is 18.4 Å². The minimum atomic E-state index is -4.73. The summed E-state index contributed by atoms with van der Waals surface area (Å²) >= 11 is 0. The number of halogens is 3. The number of aromatic nitrogens is 2. The molecule has 1 aromatic heterocycles. The van der Waals surface area contributed by atoms with Crippen LogP contribution in [0.15, 0.2) is 35.4 Å². The van der Waals surface area contributed by atoms with Crippen LogP contribution in [-0.4, -0.2) is 35.8 Å². The molecule has 1 spiro atoms. The summed E-state index contributed by atoms with van der Waals surface area (Å²) in [5.41, 5.74) is 0.269. The van der Waals surface area contributed by atoms with E-state index in [0.29, 0.717) is 12.2 Å². The van der Waals surface area contributed by atoms with Gasteiger partial charge in [-0.3, -0.25) is 0 Å². The molecule has 1 atom stereocenters. The van der Waals surface area contributed by atoms with Crippen molar-refractivity contribution in [1.29, 1.82) is 0 Å². The second-order valence-corrected chi connectivity index (χ2v) is 9.41. The molecule has 1 aliphatic heterocycles. The summed E-state index contributed by atoms with van der Waals surface area (Å²) in [6, 6.07) is 4.37. The van der Waals surface area contributed by atoms with E-state index in [9.17, 15) is 21.6 Å². The zero-order chi connectivity index (χ0) is 20.2. The Morgan fingerprint density at radius 1 is 1.18 bits per heavy atom. The molecule has 5 nitrogen and oxygen atoms in total. The molecular weight excluding hydrogens is 391 g/mol. The highest BCUT2D eigenvalue weighted by Gasteiger charge is 2.47. The van der Waals surface area contributed by atoms with Gasteiger partial charge in [-0.15, -0.1) is 0 Å². The van der Waals surface area contributed by atoms with Crippen molar-refractivity contribution < 1.29 is 21.6 Å². The largest absolute Gasteiger partial charge is 0.417 e. The van der Waals surface area contributed by atoms with E-state index in [-0.39, 0.29) is 13.1 Å². The van der Waals surface area contributed by atoms with E-state index in [4.69, 9.17) is 0 Å². The SMILES string of the molecule is Cc1ncc2c(n1)C1(CCCN(S(=O)(=O)c3ccccc3C(F)(F)F)C1)CC2. The van der Waals surface area contributed by atoms with Gasteiger partial charge in [0.1, 0.15) is 5.82 Å². The van der Waals surface area contributed by atoms with Crippen LogP contribution >= 0.6 is 0 Å². The third kappa shape index (κ3) is 3.10. The normalized spacial score (nSPS) is 23.1. The Morgan fingerprint density at radius 2 is 1.93 bits per heavy atom. The first-order valence-corrected chi connectivity index (χ1v) is 10.6. The molecular formula is C19H20F3N3O2S. The van der Waals surface area contributed by atoms with Crippen LogP contribution in [0.4, 0.5) is 13.2 Å². The van der Waals surface area contributed by atoms with Crippen molar-refractivity contribution in [2.24, 2.45) is 0 Å². The number of fused-ring (bicyclic) bond motifs is 2. The molecule has 1 fully saturated rings. The Labute approximate surface area is 161 Å². The average Bonchev–Trinajstić information content (AvgIpc) is 2.98. The molecule has 1 unspecified atom stereocenters. The van der Waals surface area contributed by atoms with E-state index in [2.05, 4.69) is 9.97 Å². The summed E-state index contributed by atoms with van der Waals surface area (Å²) in [6.45, 7) is 2.13. The fourth-order valence-corrected chi connectivity index (χ4v) is 6.16. The van der Waals surface area contributed by atoms with Gasteiger partial charge in [0.15, 0.2) is 0 Å². The number of nitrogens with zero attached hydrogens (tertiary/aromatic N) is 3. The fraction of sp³-hybridized carbons (Fsp3) is 0.474. The quantitative estimate of drug-likeness (QED) is 0.759. The lowest BCUT2D eigenvalue weighted by Gasteiger charge is -2.40. The second kappa shape index (κ2) is 6.52. The van der Waals surface area contributed by atoms with E-state index in [1.165, 1.54) is 16.4 Å². The van der Waals surface area contributed by atoms with Crippen LogP contribution < -0.4 is 0 Å². The molecule has 150 valence electrons. The molecule has 0 saturated carbocycles. The van der Waals surface area contributed by atoms with E-state index in [1.54, 1.807) is 13.1 Å². The van der Waals surface area contributed by atoms with Gasteiger partial charge in [0.25, 0.3) is 0 Å². The van der Waals surface area contributed by atoms with Gasteiger partial charge in [0.2, 0.25) is 10.0 Å². The number of sulfonamides is 1. The molecule has 0 amide bonds. The zero-order valence-electron chi connectivity index (χ0n) is 15.3. The van der Waals surface area contributed by atoms with Crippen molar-refractivity contribution in [2.75, 3.05) is 13.1 Å². The van der Waals surface area contributed by atoms with Gasteiger partial charge in [-0.2, -0.15) is 17.5 Å². The summed E-state index contributed by atoms with van der Waals surface area (Å²) in [5, 5.41) is 0. The minimum Gasteiger partial charge on any atom is -0.241 e. The predicted octanol–water partition coefficient (Wildman–Crippen LogP) is 3.47. The molecule has 0 bridgehead atoms. The summed E-state index contributed by atoms with van der Waals surface area (Å²) in [4.78, 5) is 8.10. The standard InChI is InChI=1S/C19H20F3N3O2S/c1-13-23-11-14-7-9-18(17(14)24-13)8-4-10-25(12-18)28(26,27)16-6-3-2-5-15(16)19(20,21)22/h2-3,5-6,11H,4,7-10,12H2,1H3. The van der Waals surface area contributed by atoms with Crippen LogP contribution in [0.1, 0.15) is 41.9 Å². The Morgan fingerprint density at radius 3 is 2.68 bits per heavy atom. The van der Waals surface area contributed by atoms with Crippen LogP contribution in [-0.2, 0) is 28.0 Å². The van der Waals surface area contributed by atoms with Crippen LogP contribution in [0.25, 0.3) is 0 Å². The smallest absolute Gasteiger partial charge is 0.241 e. The lowest BCUT2D eigenvalue weighted by Crippen LogP contribution is -2.48. The maximum atomic E-state index is 13.4. The van der Waals surface area contributed by atoms with Crippen molar-refractivity contribution in [3.8, 4) is 0 Å². The number of aryl methyl sites for hydroxylation is 2. The summed E-state index contributed by atoms with van der Waals surface area (Å²) in [6.07, 6.45) is -0.129. The van der Waals surface area contributed by atoms with Crippen molar-refractivity contribution in [3.63, 3.8) is 0 Å². The molecule has 28 heavy (non-hydrogen) atoms. The Kier molecular flexibility index (Phi) is 4.50. The maximum absolute atomic E-state index is 13.4. The molecule has 2 aromatic rings.